The molecule has 1 aromatic rings. The van der Waals surface area contributed by atoms with Gasteiger partial charge in [0.15, 0.2) is 0 Å². The molecule has 0 saturated carbocycles. The Hall–Kier alpha value is -1.36. The normalized spacial score (nSPS) is 20.1. The number of nitrogen functional groups attached to an aromatic ring is 1. The number of rotatable bonds is 3. The molecule has 0 aliphatic carbocycles. The summed E-state index contributed by atoms with van der Waals surface area (Å²) in [7, 11) is 0. The van der Waals surface area contributed by atoms with Gasteiger partial charge in [0.05, 0.1) is 16.9 Å². The summed E-state index contributed by atoms with van der Waals surface area (Å²) >= 11 is 1.94. The smallest absolute Gasteiger partial charge is 0.250 e. The number of nitrogens with zero attached hydrogens (tertiary/aromatic N) is 1. The quantitative estimate of drug-likeness (QED) is 0.831. The first-order valence-electron chi connectivity index (χ1n) is 6.59. The number of primary amides is 1. The van der Waals surface area contributed by atoms with Crippen molar-refractivity contribution in [1.29, 1.82) is 0 Å². The van der Waals surface area contributed by atoms with Crippen molar-refractivity contribution in [3.63, 3.8) is 0 Å². The highest BCUT2D eigenvalue weighted by Crippen LogP contribution is 2.30. The Balaban J connectivity index is 2.22. The number of para-hydroxylation sites is 1. The lowest BCUT2D eigenvalue weighted by atomic mass is 10.1. The average molecular weight is 279 g/mol. The van der Waals surface area contributed by atoms with Gasteiger partial charge in [-0.15, -0.1) is 0 Å². The highest BCUT2D eigenvalue weighted by atomic mass is 32.2. The van der Waals surface area contributed by atoms with Gasteiger partial charge in [0.25, 0.3) is 5.91 Å². The van der Waals surface area contributed by atoms with E-state index in [2.05, 4.69) is 11.2 Å². The van der Waals surface area contributed by atoms with Gasteiger partial charge in [-0.2, -0.15) is 11.8 Å². The highest BCUT2D eigenvalue weighted by Gasteiger charge is 2.19. The van der Waals surface area contributed by atoms with Gasteiger partial charge in [-0.25, -0.2) is 0 Å². The van der Waals surface area contributed by atoms with E-state index in [-0.39, 0.29) is 0 Å². The molecule has 0 aromatic heterocycles. The molecule has 0 spiro atoms. The minimum Gasteiger partial charge on any atom is -0.396 e. The summed E-state index contributed by atoms with van der Waals surface area (Å²) in [6, 6.07) is 5.51. The van der Waals surface area contributed by atoms with Gasteiger partial charge < -0.3 is 16.4 Å². The van der Waals surface area contributed by atoms with Crippen molar-refractivity contribution < 1.29 is 4.79 Å². The largest absolute Gasteiger partial charge is 0.396 e. The molecule has 4 N–H and O–H groups in total. The molecule has 5 heteroatoms. The Kier molecular flexibility index (Phi) is 4.58. The molecular weight excluding hydrogens is 258 g/mol. The van der Waals surface area contributed by atoms with E-state index >= 15 is 0 Å². The lowest BCUT2D eigenvalue weighted by Crippen LogP contribution is -2.26. The fourth-order valence-electron chi connectivity index (χ4n) is 2.59. The number of benzene rings is 1. The van der Waals surface area contributed by atoms with Crippen LogP contribution in [0.15, 0.2) is 18.2 Å². The number of carbonyl (C=O) groups excluding carboxylic acids is 1. The Bertz CT molecular complexity index is 464. The van der Waals surface area contributed by atoms with Crippen molar-refractivity contribution in [3.8, 4) is 0 Å². The molecule has 2 rings (SSSR count). The number of amides is 1. The molecule has 1 aliphatic heterocycles. The standard InChI is InChI=1S/C14H21N3OS/c1-19-10-4-3-8-17(9-7-10)12-6-2-5-11(13(12)15)14(16)18/h2,5-6,10H,3-4,7-9,15H2,1H3,(H2,16,18). The molecular formula is C14H21N3OS. The van der Waals surface area contributed by atoms with Gasteiger partial charge in [0, 0.05) is 18.3 Å². The van der Waals surface area contributed by atoms with Crippen LogP contribution in [0.25, 0.3) is 0 Å². The molecule has 1 unspecified atom stereocenters. The predicted molar refractivity (Wildman–Crippen MR) is 82.7 cm³/mol. The van der Waals surface area contributed by atoms with Crippen LogP contribution in [0.2, 0.25) is 0 Å². The molecule has 1 atom stereocenters. The Morgan fingerprint density at radius 2 is 2.16 bits per heavy atom. The maximum absolute atomic E-state index is 11.3. The average Bonchev–Trinajstić information content (AvgIpc) is 2.64. The van der Waals surface area contributed by atoms with E-state index in [1.165, 1.54) is 6.42 Å². The van der Waals surface area contributed by atoms with Gasteiger partial charge in [-0.1, -0.05) is 6.07 Å². The van der Waals surface area contributed by atoms with Crippen LogP contribution >= 0.6 is 11.8 Å². The highest BCUT2D eigenvalue weighted by molar-refractivity contribution is 7.99. The second kappa shape index (κ2) is 6.19. The topological polar surface area (TPSA) is 72.3 Å². The number of nitrogens with two attached hydrogens (primary N) is 2. The zero-order chi connectivity index (χ0) is 13.8. The summed E-state index contributed by atoms with van der Waals surface area (Å²) in [5.74, 6) is -0.462. The van der Waals surface area contributed by atoms with Crippen LogP contribution in [0.1, 0.15) is 29.6 Å². The third-order valence-electron chi connectivity index (χ3n) is 3.70. The van der Waals surface area contributed by atoms with Crippen molar-refractivity contribution in [2.24, 2.45) is 5.73 Å². The molecule has 104 valence electrons. The summed E-state index contributed by atoms with van der Waals surface area (Å²) in [6.07, 6.45) is 5.72. The molecule has 4 nitrogen and oxygen atoms in total. The van der Waals surface area contributed by atoms with Gasteiger partial charge >= 0.3 is 0 Å². The second-order valence-corrected chi connectivity index (χ2v) is 6.02. The molecule has 0 bridgehead atoms. The fourth-order valence-corrected chi connectivity index (χ4v) is 3.33. The van der Waals surface area contributed by atoms with Crippen LogP contribution < -0.4 is 16.4 Å². The van der Waals surface area contributed by atoms with Crippen molar-refractivity contribution in [2.45, 2.75) is 24.5 Å². The SMILES string of the molecule is CSC1CCCN(c2cccc(C(N)=O)c2N)CC1. The summed E-state index contributed by atoms with van der Waals surface area (Å²) in [4.78, 5) is 13.6. The minimum atomic E-state index is -0.462. The van der Waals surface area contributed by atoms with E-state index in [0.29, 0.717) is 11.3 Å². The van der Waals surface area contributed by atoms with Crippen molar-refractivity contribution in [2.75, 3.05) is 30.0 Å². The third-order valence-corrected chi connectivity index (χ3v) is 4.84. The molecule has 1 aliphatic rings. The summed E-state index contributed by atoms with van der Waals surface area (Å²) in [5.41, 5.74) is 13.3. The van der Waals surface area contributed by atoms with Crippen LogP contribution in [-0.2, 0) is 0 Å². The van der Waals surface area contributed by atoms with Crippen molar-refractivity contribution >= 4 is 29.0 Å². The Morgan fingerprint density at radius 1 is 1.37 bits per heavy atom. The monoisotopic (exact) mass is 279 g/mol. The molecule has 1 heterocycles. The maximum atomic E-state index is 11.3. The lowest BCUT2D eigenvalue weighted by Gasteiger charge is -2.25. The molecule has 1 amide bonds. The summed E-state index contributed by atoms with van der Waals surface area (Å²) < 4.78 is 0. The number of hydrogen-bond donors (Lipinski definition) is 2. The zero-order valence-corrected chi connectivity index (χ0v) is 12.1. The van der Waals surface area contributed by atoms with Gasteiger partial charge in [-0.3, -0.25) is 4.79 Å². The third kappa shape index (κ3) is 3.15. The van der Waals surface area contributed by atoms with E-state index in [1.807, 2.05) is 23.9 Å². The van der Waals surface area contributed by atoms with Gasteiger partial charge in [0.1, 0.15) is 0 Å². The summed E-state index contributed by atoms with van der Waals surface area (Å²) in [6.45, 7) is 1.97. The van der Waals surface area contributed by atoms with Crippen LogP contribution in [-0.4, -0.2) is 30.5 Å². The number of anilines is 2. The Labute approximate surface area is 118 Å². The van der Waals surface area contributed by atoms with E-state index in [1.54, 1.807) is 6.07 Å². The van der Waals surface area contributed by atoms with Crippen LogP contribution in [0, 0.1) is 0 Å². The maximum Gasteiger partial charge on any atom is 0.250 e. The van der Waals surface area contributed by atoms with Crippen LogP contribution in [0.5, 0.6) is 0 Å². The predicted octanol–water partition coefficient (Wildman–Crippen LogP) is 2.09. The fraction of sp³-hybridized carbons (Fsp3) is 0.500. The van der Waals surface area contributed by atoms with Gasteiger partial charge in [-0.05, 0) is 37.7 Å². The van der Waals surface area contributed by atoms with Crippen LogP contribution in [0.4, 0.5) is 11.4 Å². The van der Waals surface area contributed by atoms with Crippen molar-refractivity contribution in [3.05, 3.63) is 23.8 Å². The minimum absolute atomic E-state index is 0.420. The van der Waals surface area contributed by atoms with E-state index in [0.717, 1.165) is 36.9 Å². The van der Waals surface area contributed by atoms with Crippen molar-refractivity contribution in [1.82, 2.24) is 0 Å². The van der Waals surface area contributed by atoms with E-state index in [9.17, 15) is 4.79 Å². The van der Waals surface area contributed by atoms with E-state index < -0.39 is 5.91 Å². The van der Waals surface area contributed by atoms with E-state index in [4.69, 9.17) is 11.5 Å². The number of hydrogen-bond acceptors (Lipinski definition) is 4. The first-order chi connectivity index (χ1) is 9.13. The molecule has 19 heavy (non-hydrogen) atoms. The zero-order valence-electron chi connectivity index (χ0n) is 11.3. The van der Waals surface area contributed by atoms with Gasteiger partial charge in [0.2, 0.25) is 0 Å². The Morgan fingerprint density at radius 3 is 2.84 bits per heavy atom. The molecule has 0 radical (unpaired) electrons. The first-order valence-corrected chi connectivity index (χ1v) is 7.88. The number of carbonyl (C=O) groups is 1. The second-order valence-electron chi connectivity index (χ2n) is 4.88. The first kappa shape index (κ1) is 14.1. The number of thioether (sulfide) groups is 1. The molecule has 1 fully saturated rings. The lowest BCUT2D eigenvalue weighted by molar-refractivity contribution is 0.100. The molecule has 1 saturated heterocycles. The molecule has 1 aromatic carbocycles. The summed E-state index contributed by atoms with van der Waals surface area (Å²) in [5, 5.41) is 0.727. The van der Waals surface area contributed by atoms with Crippen LogP contribution in [0.3, 0.4) is 0 Å².